The van der Waals surface area contributed by atoms with Gasteiger partial charge >= 0.3 is 11.7 Å². The van der Waals surface area contributed by atoms with Gasteiger partial charge in [-0.15, -0.1) is 0 Å². The normalized spacial score (nSPS) is 17.5. The monoisotopic (exact) mass is 357 g/mol. The van der Waals surface area contributed by atoms with E-state index in [4.69, 9.17) is 14.2 Å². The summed E-state index contributed by atoms with van der Waals surface area (Å²) in [4.78, 5) is 41.4. The van der Waals surface area contributed by atoms with E-state index in [0.29, 0.717) is 22.8 Å². The number of esters is 1. The molecule has 9 nitrogen and oxygen atoms in total. The molecule has 26 heavy (non-hydrogen) atoms. The fourth-order valence-corrected chi connectivity index (χ4v) is 3.29. The van der Waals surface area contributed by atoms with Gasteiger partial charge in [-0.05, 0) is 24.6 Å². The predicted molar refractivity (Wildman–Crippen MR) is 90.4 cm³/mol. The average Bonchev–Trinajstić information content (AvgIpc) is 3.07. The summed E-state index contributed by atoms with van der Waals surface area (Å²) in [7, 11) is 1.27. The summed E-state index contributed by atoms with van der Waals surface area (Å²) < 4.78 is 15.6. The van der Waals surface area contributed by atoms with E-state index < -0.39 is 23.1 Å². The zero-order valence-corrected chi connectivity index (χ0v) is 14.0. The molecule has 0 fully saturated rings. The van der Waals surface area contributed by atoms with Crippen molar-refractivity contribution in [1.82, 2.24) is 9.97 Å². The van der Waals surface area contributed by atoms with E-state index in [2.05, 4.69) is 15.3 Å². The van der Waals surface area contributed by atoms with Crippen LogP contribution in [-0.4, -0.2) is 29.8 Å². The van der Waals surface area contributed by atoms with Crippen LogP contribution in [0.1, 0.15) is 24.0 Å². The number of aromatic amines is 2. The number of anilines is 1. The highest BCUT2D eigenvalue weighted by Gasteiger charge is 2.36. The van der Waals surface area contributed by atoms with E-state index in [9.17, 15) is 14.4 Å². The summed E-state index contributed by atoms with van der Waals surface area (Å²) in [5, 5.41) is 2.91. The third-order valence-corrected chi connectivity index (χ3v) is 4.41. The summed E-state index contributed by atoms with van der Waals surface area (Å²) in [5.41, 5.74) is 0.376. The van der Waals surface area contributed by atoms with Gasteiger partial charge in [0, 0.05) is 5.70 Å². The second-order valence-electron chi connectivity index (χ2n) is 5.90. The lowest BCUT2D eigenvalue weighted by molar-refractivity contribution is -0.136. The van der Waals surface area contributed by atoms with Gasteiger partial charge in [-0.2, -0.15) is 0 Å². The molecule has 1 aromatic carbocycles. The Labute approximate surface area is 146 Å². The molecule has 1 aromatic heterocycles. The van der Waals surface area contributed by atoms with Gasteiger partial charge in [0.05, 0.1) is 24.2 Å². The molecule has 4 rings (SSSR count). The maximum absolute atomic E-state index is 12.5. The molecule has 9 heteroatoms. The number of fused-ring (bicyclic) bond motifs is 2. The summed E-state index contributed by atoms with van der Waals surface area (Å²) in [6.45, 7) is 1.78. The Morgan fingerprint density at radius 1 is 1.19 bits per heavy atom. The van der Waals surface area contributed by atoms with Crippen molar-refractivity contribution in [3.8, 4) is 11.5 Å². The highest BCUT2D eigenvalue weighted by Crippen LogP contribution is 2.42. The highest BCUT2D eigenvalue weighted by atomic mass is 16.7. The summed E-state index contributed by atoms with van der Waals surface area (Å²) >= 11 is 0. The van der Waals surface area contributed by atoms with Crippen molar-refractivity contribution in [1.29, 1.82) is 0 Å². The molecule has 2 aliphatic rings. The average molecular weight is 357 g/mol. The fraction of sp³-hybridized carbons (Fsp3) is 0.235. The van der Waals surface area contributed by atoms with Gasteiger partial charge < -0.3 is 19.5 Å². The predicted octanol–water partition coefficient (Wildman–Crippen LogP) is 0.796. The SMILES string of the molecule is COC(=O)C1=C(C)Nc2[nH]c(=O)[nH]c(=O)c2C1c1ccc2c(c1)OCO2. The number of benzene rings is 1. The third-order valence-electron chi connectivity index (χ3n) is 4.41. The number of ether oxygens (including phenoxy) is 3. The van der Waals surface area contributed by atoms with E-state index >= 15 is 0 Å². The Morgan fingerprint density at radius 2 is 1.96 bits per heavy atom. The van der Waals surface area contributed by atoms with Crippen LogP contribution in [0.25, 0.3) is 0 Å². The van der Waals surface area contributed by atoms with Crippen LogP contribution >= 0.6 is 0 Å². The zero-order chi connectivity index (χ0) is 18.4. The number of allylic oxidation sites excluding steroid dienone is 1. The molecule has 0 spiro atoms. The lowest BCUT2D eigenvalue weighted by Gasteiger charge is -2.28. The number of methoxy groups -OCH3 is 1. The van der Waals surface area contributed by atoms with Crippen molar-refractivity contribution in [2.75, 3.05) is 19.2 Å². The minimum absolute atomic E-state index is 0.105. The minimum Gasteiger partial charge on any atom is -0.466 e. The molecule has 0 saturated carbocycles. The second kappa shape index (κ2) is 5.80. The third kappa shape index (κ3) is 2.36. The van der Waals surface area contributed by atoms with Crippen LogP contribution in [0.15, 0.2) is 39.1 Å². The number of aromatic nitrogens is 2. The first-order valence-corrected chi connectivity index (χ1v) is 7.81. The van der Waals surface area contributed by atoms with Crippen LogP contribution in [0.2, 0.25) is 0 Å². The van der Waals surface area contributed by atoms with Crippen molar-refractivity contribution < 1.29 is 19.0 Å². The lowest BCUT2D eigenvalue weighted by atomic mass is 9.82. The van der Waals surface area contributed by atoms with Crippen LogP contribution in [0.3, 0.4) is 0 Å². The standard InChI is InChI=1S/C17H15N3O6/c1-7-11(16(22)24-2)12(8-3-4-9-10(5-8)26-6-25-9)13-14(18-7)19-17(23)20-15(13)21/h3-5,12H,6H2,1-2H3,(H3,18,19,20,21,23). The van der Waals surface area contributed by atoms with Crippen molar-refractivity contribution in [2.45, 2.75) is 12.8 Å². The van der Waals surface area contributed by atoms with E-state index in [0.717, 1.165) is 0 Å². The Hall–Kier alpha value is -3.49. The first kappa shape index (κ1) is 16.0. The molecule has 0 amide bonds. The molecule has 0 aliphatic carbocycles. The van der Waals surface area contributed by atoms with Crippen LogP contribution in [0, 0.1) is 0 Å². The minimum atomic E-state index is -0.742. The Kier molecular flexibility index (Phi) is 3.57. The number of H-pyrrole nitrogens is 2. The first-order valence-electron chi connectivity index (χ1n) is 7.81. The van der Waals surface area contributed by atoms with Gasteiger partial charge in [-0.1, -0.05) is 6.07 Å². The molecule has 3 heterocycles. The van der Waals surface area contributed by atoms with Gasteiger partial charge in [0.15, 0.2) is 11.5 Å². The van der Waals surface area contributed by atoms with Crippen LogP contribution in [0.5, 0.6) is 11.5 Å². The van der Waals surface area contributed by atoms with E-state index in [1.807, 2.05) is 0 Å². The van der Waals surface area contributed by atoms with Gasteiger partial charge in [0.25, 0.3) is 5.56 Å². The molecule has 0 saturated heterocycles. The van der Waals surface area contributed by atoms with E-state index in [-0.39, 0.29) is 23.7 Å². The molecule has 134 valence electrons. The van der Waals surface area contributed by atoms with Gasteiger partial charge in [-0.25, -0.2) is 9.59 Å². The molecule has 2 aliphatic heterocycles. The number of rotatable bonds is 2. The topological polar surface area (TPSA) is 123 Å². The number of hydrogen-bond donors (Lipinski definition) is 3. The Morgan fingerprint density at radius 3 is 2.73 bits per heavy atom. The van der Waals surface area contributed by atoms with Crippen molar-refractivity contribution in [3.05, 3.63) is 61.4 Å². The van der Waals surface area contributed by atoms with E-state index in [1.54, 1.807) is 25.1 Å². The number of hydrogen-bond acceptors (Lipinski definition) is 7. The molecule has 2 aromatic rings. The molecule has 3 N–H and O–H groups in total. The first-order chi connectivity index (χ1) is 12.5. The molecular weight excluding hydrogens is 342 g/mol. The van der Waals surface area contributed by atoms with E-state index in [1.165, 1.54) is 7.11 Å². The number of nitrogens with one attached hydrogen (secondary N) is 3. The van der Waals surface area contributed by atoms with Crippen molar-refractivity contribution >= 4 is 11.8 Å². The molecule has 1 unspecified atom stereocenters. The molecular formula is C17H15N3O6. The Balaban J connectivity index is 1.98. The smallest absolute Gasteiger partial charge is 0.336 e. The van der Waals surface area contributed by atoms with Gasteiger partial charge in [0.2, 0.25) is 6.79 Å². The van der Waals surface area contributed by atoms with Gasteiger partial charge in [0.1, 0.15) is 5.82 Å². The quantitative estimate of drug-likeness (QED) is 0.679. The fourth-order valence-electron chi connectivity index (χ4n) is 3.29. The highest BCUT2D eigenvalue weighted by molar-refractivity contribution is 5.94. The number of carbonyl (C=O) groups excluding carboxylic acids is 1. The molecule has 0 bridgehead atoms. The molecule has 1 atom stereocenters. The summed E-state index contributed by atoms with van der Waals surface area (Å²) in [6.07, 6.45) is 0. The maximum Gasteiger partial charge on any atom is 0.336 e. The van der Waals surface area contributed by atoms with Crippen LogP contribution < -0.4 is 26.0 Å². The maximum atomic E-state index is 12.5. The zero-order valence-electron chi connectivity index (χ0n) is 14.0. The Bertz CT molecular complexity index is 1060. The van der Waals surface area contributed by atoms with Crippen molar-refractivity contribution in [3.63, 3.8) is 0 Å². The summed E-state index contributed by atoms with van der Waals surface area (Å²) in [5.74, 6) is 0.0261. The second-order valence-corrected chi connectivity index (χ2v) is 5.90. The number of carbonyl (C=O) groups is 1. The van der Waals surface area contributed by atoms with Crippen molar-refractivity contribution in [2.24, 2.45) is 0 Å². The van der Waals surface area contributed by atoms with Crippen LogP contribution in [0.4, 0.5) is 5.82 Å². The lowest BCUT2D eigenvalue weighted by Crippen LogP contribution is -2.34. The molecule has 0 radical (unpaired) electrons. The largest absolute Gasteiger partial charge is 0.466 e. The summed E-state index contributed by atoms with van der Waals surface area (Å²) in [6, 6.07) is 5.17. The van der Waals surface area contributed by atoms with Gasteiger partial charge in [-0.3, -0.25) is 14.8 Å². The van der Waals surface area contributed by atoms with Crippen LogP contribution in [-0.2, 0) is 9.53 Å².